The highest BCUT2D eigenvalue weighted by Gasteiger charge is 2.26. The SMILES string of the molecule is CCOc1c(Cl)cc(/C=C/C(=O)N2CCC(c3nc(C)no3)CC2)cc1OC. The zero-order valence-corrected chi connectivity index (χ0v) is 17.0. The Morgan fingerprint density at radius 1 is 1.39 bits per heavy atom. The normalized spacial score (nSPS) is 15.2. The van der Waals surface area contributed by atoms with Gasteiger partial charge in [-0.3, -0.25) is 4.79 Å². The molecule has 8 heteroatoms. The van der Waals surface area contributed by atoms with Crippen LogP contribution in [0.1, 0.15) is 43.0 Å². The van der Waals surface area contributed by atoms with Crippen molar-refractivity contribution in [3.63, 3.8) is 0 Å². The van der Waals surface area contributed by atoms with Crippen molar-refractivity contribution in [3.05, 3.63) is 40.5 Å². The van der Waals surface area contributed by atoms with E-state index in [4.69, 9.17) is 25.6 Å². The molecule has 0 saturated carbocycles. The zero-order chi connectivity index (χ0) is 20.1. The lowest BCUT2D eigenvalue weighted by molar-refractivity contribution is -0.127. The van der Waals surface area contributed by atoms with E-state index in [1.807, 2.05) is 11.8 Å². The average Bonchev–Trinajstić information content (AvgIpc) is 3.14. The van der Waals surface area contributed by atoms with Gasteiger partial charge in [0.05, 0.1) is 18.7 Å². The lowest BCUT2D eigenvalue weighted by atomic mass is 9.96. The maximum absolute atomic E-state index is 12.5. The van der Waals surface area contributed by atoms with Crippen LogP contribution in [0.2, 0.25) is 5.02 Å². The number of benzene rings is 1. The molecule has 1 aliphatic rings. The summed E-state index contributed by atoms with van der Waals surface area (Å²) in [6.07, 6.45) is 4.91. The van der Waals surface area contributed by atoms with E-state index in [1.54, 1.807) is 38.3 Å². The molecular formula is C20H24ClN3O4. The molecule has 1 aliphatic heterocycles. The van der Waals surface area contributed by atoms with Crippen molar-refractivity contribution >= 4 is 23.6 Å². The predicted molar refractivity (Wildman–Crippen MR) is 106 cm³/mol. The minimum Gasteiger partial charge on any atom is -0.493 e. The van der Waals surface area contributed by atoms with Gasteiger partial charge in [0.15, 0.2) is 17.3 Å². The Kier molecular flexibility index (Phi) is 6.57. The lowest BCUT2D eigenvalue weighted by Crippen LogP contribution is -2.36. The summed E-state index contributed by atoms with van der Waals surface area (Å²) in [5.74, 6) is 2.52. The van der Waals surface area contributed by atoms with Crippen LogP contribution in [0.4, 0.5) is 0 Å². The van der Waals surface area contributed by atoms with Crippen molar-refractivity contribution in [2.75, 3.05) is 26.8 Å². The minimum atomic E-state index is -0.0378. The maximum atomic E-state index is 12.5. The second-order valence-corrected chi connectivity index (χ2v) is 6.99. The first-order valence-corrected chi connectivity index (χ1v) is 9.67. The van der Waals surface area contributed by atoms with Crippen molar-refractivity contribution in [2.24, 2.45) is 0 Å². The average molecular weight is 406 g/mol. The van der Waals surface area contributed by atoms with E-state index >= 15 is 0 Å². The molecule has 1 saturated heterocycles. The molecule has 0 aliphatic carbocycles. The first-order valence-electron chi connectivity index (χ1n) is 9.29. The standard InChI is InChI=1S/C20H24ClN3O4/c1-4-27-19-16(21)11-14(12-17(19)26-3)5-6-18(25)24-9-7-15(8-10-24)20-22-13(2)23-28-20/h5-6,11-12,15H,4,7-10H2,1-3H3/b6-5+. The summed E-state index contributed by atoms with van der Waals surface area (Å²) in [5, 5.41) is 4.29. The van der Waals surface area contributed by atoms with Gasteiger partial charge in [0.1, 0.15) is 0 Å². The van der Waals surface area contributed by atoms with Gasteiger partial charge < -0.3 is 18.9 Å². The number of carbonyl (C=O) groups excluding carboxylic acids is 1. The van der Waals surface area contributed by atoms with Crippen molar-refractivity contribution in [1.29, 1.82) is 0 Å². The summed E-state index contributed by atoms with van der Waals surface area (Å²) in [4.78, 5) is 18.6. The summed E-state index contributed by atoms with van der Waals surface area (Å²) < 4.78 is 16.1. The number of methoxy groups -OCH3 is 1. The summed E-state index contributed by atoms with van der Waals surface area (Å²) in [6, 6.07) is 3.55. The van der Waals surface area contributed by atoms with E-state index in [2.05, 4.69) is 10.1 Å². The van der Waals surface area contributed by atoms with Gasteiger partial charge in [-0.2, -0.15) is 4.98 Å². The number of hydrogen-bond donors (Lipinski definition) is 0. The third-order valence-corrected chi connectivity index (χ3v) is 4.94. The van der Waals surface area contributed by atoms with Crippen LogP contribution in [-0.2, 0) is 4.79 Å². The van der Waals surface area contributed by atoms with Gasteiger partial charge in [-0.25, -0.2) is 0 Å². The van der Waals surface area contributed by atoms with Crippen molar-refractivity contribution in [3.8, 4) is 11.5 Å². The molecule has 2 aromatic rings. The third kappa shape index (κ3) is 4.65. The van der Waals surface area contributed by atoms with E-state index in [-0.39, 0.29) is 11.8 Å². The summed E-state index contributed by atoms with van der Waals surface area (Å²) in [5.41, 5.74) is 0.773. The van der Waals surface area contributed by atoms with Gasteiger partial charge >= 0.3 is 0 Å². The van der Waals surface area contributed by atoms with Crippen LogP contribution in [0, 0.1) is 6.92 Å². The Bertz CT molecular complexity index is 857. The zero-order valence-electron chi connectivity index (χ0n) is 16.3. The molecule has 28 heavy (non-hydrogen) atoms. The van der Waals surface area contributed by atoms with Crippen LogP contribution >= 0.6 is 11.6 Å². The van der Waals surface area contributed by atoms with Gasteiger partial charge in [-0.05, 0) is 50.5 Å². The fourth-order valence-corrected chi connectivity index (χ4v) is 3.49. The number of ether oxygens (including phenoxy) is 2. The Balaban J connectivity index is 1.62. The van der Waals surface area contributed by atoms with E-state index < -0.39 is 0 Å². The first-order chi connectivity index (χ1) is 13.5. The number of aromatic nitrogens is 2. The summed E-state index contributed by atoms with van der Waals surface area (Å²) in [7, 11) is 1.56. The van der Waals surface area contributed by atoms with Crippen LogP contribution in [0.3, 0.4) is 0 Å². The number of nitrogens with zero attached hydrogens (tertiary/aromatic N) is 3. The lowest BCUT2D eigenvalue weighted by Gasteiger charge is -2.29. The van der Waals surface area contributed by atoms with Gasteiger partial charge in [-0.1, -0.05) is 16.8 Å². The number of carbonyl (C=O) groups is 1. The molecule has 0 atom stereocenters. The number of amides is 1. The monoisotopic (exact) mass is 405 g/mol. The van der Waals surface area contributed by atoms with Crippen LogP contribution < -0.4 is 9.47 Å². The molecular weight excluding hydrogens is 382 g/mol. The minimum absolute atomic E-state index is 0.0378. The fourth-order valence-electron chi connectivity index (χ4n) is 3.22. The molecule has 150 valence electrons. The summed E-state index contributed by atoms with van der Waals surface area (Å²) >= 11 is 6.28. The van der Waals surface area contributed by atoms with Crippen molar-refractivity contribution in [1.82, 2.24) is 15.0 Å². The highest BCUT2D eigenvalue weighted by atomic mass is 35.5. The van der Waals surface area contributed by atoms with Crippen LogP contribution in [-0.4, -0.2) is 47.8 Å². The van der Waals surface area contributed by atoms with Gasteiger partial charge in [0, 0.05) is 25.1 Å². The molecule has 0 N–H and O–H groups in total. The van der Waals surface area contributed by atoms with E-state index in [1.165, 1.54) is 0 Å². The van der Waals surface area contributed by atoms with Gasteiger partial charge in [0.25, 0.3) is 0 Å². The number of likely N-dealkylation sites (tertiary alicyclic amines) is 1. The fraction of sp³-hybridized carbons (Fsp3) is 0.450. The van der Waals surface area contributed by atoms with Gasteiger partial charge in [0.2, 0.25) is 11.8 Å². The van der Waals surface area contributed by atoms with Crippen LogP contribution in [0.25, 0.3) is 6.08 Å². The predicted octanol–water partition coefficient (Wildman–Crippen LogP) is 3.86. The number of halogens is 1. The second kappa shape index (κ2) is 9.10. The molecule has 1 aromatic carbocycles. The van der Waals surface area contributed by atoms with Crippen molar-refractivity contribution in [2.45, 2.75) is 32.6 Å². The molecule has 1 amide bonds. The topological polar surface area (TPSA) is 77.7 Å². The molecule has 3 rings (SSSR count). The second-order valence-electron chi connectivity index (χ2n) is 6.58. The highest BCUT2D eigenvalue weighted by molar-refractivity contribution is 6.32. The molecule has 7 nitrogen and oxygen atoms in total. The van der Waals surface area contributed by atoms with E-state index in [0.29, 0.717) is 47.9 Å². The van der Waals surface area contributed by atoms with E-state index in [0.717, 1.165) is 18.4 Å². The Hall–Kier alpha value is -2.54. The Labute approximate surface area is 169 Å². The molecule has 0 bridgehead atoms. The van der Waals surface area contributed by atoms with Crippen molar-refractivity contribution < 1.29 is 18.8 Å². The number of piperidine rings is 1. The molecule has 1 aromatic heterocycles. The molecule has 1 fully saturated rings. The smallest absolute Gasteiger partial charge is 0.246 e. The third-order valence-electron chi connectivity index (χ3n) is 4.66. The molecule has 0 spiro atoms. The molecule has 0 radical (unpaired) electrons. The maximum Gasteiger partial charge on any atom is 0.246 e. The number of hydrogen-bond acceptors (Lipinski definition) is 6. The Morgan fingerprint density at radius 3 is 2.75 bits per heavy atom. The van der Waals surface area contributed by atoms with Crippen LogP contribution in [0.5, 0.6) is 11.5 Å². The quantitative estimate of drug-likeness (QED) is 0.679. The molecule has 0 unspecified atom stereocenters. The largest absolute Gasteiger partial charge is 0.493 e. The van der Waals surface area contributed by atoms with E-state index in [9.17, 15) is 4.79 Å². The van der Waals surface area contributed by atoms with Crippen LogP contribution in [0.15, 0.2) is 22.7 Å². The highest BCUT2D eigenvalue weighted by Crippen LogP contribution is 2.36. The number of aryl methyl sites for hydroxylation is 1. The van der Waals surface area contributed by atoms with Gasteiger partial charge in [-0.15, -0.1) is 0 Å². The Morgan fingerprint density at radius 2 is 2.14 bits per heavy atom. The number of rotatable bonds is 6. The first kappa shape index (κ1) is 20.2. The summed E-state index contributed by atoms with van der Waals surface area (Å²) in [6.45, 7) is 5.48. The molecule has 2 heterocycles.